The molecule has 7 heteroatoms. The second-order valence-electron chi connectivity index (χ2n) is 6.89. The molecule has 4 N–H and O–H groups in total. The molecule has 0 aliphatic rings. The number of halogens is 1. The first kappa shape index (κ1) is 23.0. The van der Waals surface area contributed by atoms with Crippen molar-refractivity contribution in [3.05, 3.63) is 59.9 Å². The fourth-order valence-electron chi connectivity index (χ4n) is 3.18. The summed E-state index contributed by atoms with van der Waals surface area (Å²) in [7, 11) is 1.81. The van der Waals surface area contributed by atoms with E-state index in [2.05, 4.69) is 62.2 Å². The third-order valence-corrected chi connectivity index (χ3v) is 4.70. The van der Waals surface area contributed by atoms with Crippen LogP contribution in [0.5, 0.6) is 0 Å². The van der Waals surface area contributed by atoms with Crippen molar-refractivity contribution in [3.63, 3.8) is 0 Å². The zero-order valence-electron chi connectivity index (χ0n) is 17.2. The summed E-state index contributed by atoms with van der Waals surface area (Å²) in [5.41, 5.74) is 3.81. The zero-order chi connectivity index (χ0) is 19.6. The molecule has 0 spiro atoms. The number of rotatable bonds is 9. The van der Waals surface area contributed by atoms with Crippen LogP contribution in [0.2, 0.25) is 0 Å². The van der Waals surface area contributed by atoms with E-state index in [-0.39, 0.29) is 24.0 Å². The van der Waals surface area contributed by atoms with Gasteiger partial charge in [-0.2, -0.15) is 0 Å². The lowest BCUT2D eigenvalue weighted by atomic mass is 10.1. The van der Waals surface area contributed by atoms with Crippen molar-refractivity contribution in [1.29, 1.82) is 0 Å². The molecule has 0 aliphatic heterocycles. The minimum atomic E-state index is 0. The third-order valence-electron chi connectivity index (χ3n) is 4.70. The van der Waals surface area contributed by atoms with E-state index in [9.17, 15) is 0 Å². The molecule has 0 aliphatic carbocycles. The van der Waals surface area contributed by atoms with Crippen LogP contribution in [0.4, 0.5) is 5.82 Å². The lowest BCUT2D eigenvalue weighted by molar-refractivity contribution is 0.710. The number of guanidine groups is 1. The molecule has 6 nitrogen and oxygen atoms in total. The van der Waals surface area contributed by atoms with Gasteiger partial charge in [-0.3, -0.25) is 4.99 Å². The Balaban J connectivity index is 0.00000300. The Hall–Kier alpha value is -2.29. The maximum atomic E-state index is 4.31. The van der Waals surface area contributed by atoms with Crippen LogP contribution in [0.1, 0.15) is 24.0 Å². The first-order valence-corrected chi connectivity index (χ1v) is 9.92. The molecule has 3 aromatic rings. The fraction of sp³-hybridized carbons (Fsp3) is 0.364. The number of aromatic nitrogens is 2. The van der Waals surface area contributed by atoms with Crippen molar-refractivity contribution in [1.82, 2.24) is 20.6 Å². The number of anilines is 1. The second kappa shape index (κ2) is 12.3. The van der Waals surface area contributed by atoms with Gasteiger partial charge in [0.1, 0.15) is 5.82 Å². The summed E-state index contributed by atoms with van der Waals surface area (Å²) in [4.78, 5) is 11.9. The van der Waals surface area contributed by atoms with Crippen molar-refractivity contribution in [2.75, 3.05) is 32.0 Å². The normalized spacial score (nSPS) is 11.2. The molecule has 0 fully saturated rings. The van der Waals surface area contributed by atoms with Gasteiger partial charge in [0.15, 0.2) is 5.96 Å². The van der Waals surface area contributed by atoms with E-state index in [1.54, 1.807) is 6.20 Å². The summed E-state index contributed by atoms with van der Waals surface area (Å²) in [6.07, 6.45) is 7.02. The molecular formula is C22H31IN6. The van der Waals surface area contributed by atoms with Crippen LogP contribution in [0.3, 0.4) is 0 Å². The minimum absolute atomic E-state index is 0. The predicted octanol–water partition coefficient (Wildman–Crippen LogP) is 4.09. The lowest BCUT2D eigenvalue weighted by Gasteiger charge is -2.12. The number of benzene rings is 1. The van der Waals surface area contributed by atoms with Gasteiger partial charge in [0.25, 0.3) is 0 Å². The lowest BCUT2D eigenvalue weighted by Crippen LogP contribution is -2.38. The number of nitrogens with zero attached hydrogens (tertiary/aromatic N) is 2. The molecule has 0 saturated heterocycles. The van der Waals surface area contributed by atoms with Crippen LogP contribution < -0.4 is 16.0 Å². The van der Waals surface area contributed by atoms with E-state index in [1.165, 1.54) is 22.0 Å². The highest BCUT2D eigenvalue weighted by molar-refractivity contribution is 14.0. The second-order valence-corrected chi connectivity index (χ2v) is 6.89. The summed E-state index contributed by atoms with van der Waals surface area (Å²) in [6, 6.07) is 12.4. The maximum Gasteiger partial charge on any atom is 0.190 e. The standard InChI is InChI=1S/C22H30N6.HI/c1-17-8-9-19-18(16-28-20(19)15-17)10-14-27-22(23-2)26-13-6-5-12-25-21-7-3-4-11-24-21;/h3-4,7-9,11,15-16,28H,5-6,10,12-14H2,1-2H3,(H,24,25)(H2,23,26,27);1H. The highest BCUT2D eigenvalue weighted by Gasteiger charge is 2.04. The molecule has 1 aromatic carbocycles. The number of H-pyrrole nitrogens is 1. The third kappa shape index (κ3) is 7.23. The van der Waals surface area contributed by atoms with E-state index < -0.39 is 0 Å². The number of hydrogen-bond donors (Lipinski definition) is 4. The Kier molecular flexibility index (Phi) is 9.76. The summed E-state index contributed by atoms with van der Waals surface area (Å²) >= 11 is 0. The number of pyridine rings is 1. The molecule has 0 atom stereocenters. The van der Waals surface area contributed by atoms with Crippen LogP contribution in [0.15, 0.2) is 53.8 Å². The van der Waals surface area contributed by atoms with Gasteiger partial charge in [0, 0.05) is 50.0 Å². The highest BCUT2D eigenvalue weighted by Crippen LogP contribution is 2.19. The molecule has 0 amide bonds. The quantitative estimate of drug-likeness (QED) is 0.153. The average Bonchev–Trinajstić information content (AvgIpc) is 3.12. The molecule has 156 valence electrons. The van der Waals surface area contributed by atoms with Crippen LogP contribution >= 0.6 is 24.0 Å². The van der Waals surface area contributed by atoms with Crippen molar-refractivity contribution in [2.24, 2.45) is 4.99 Å². The Bertz CT molecular complexity index is 891. The number of hydrogen-bond acceptors (Lipinski definition) is 3. The molecule has 0 unspecified atom stereocenters. The van der Waals surface area contributed by atoms with Crippen molar-refractivity contribution < 1.29 is 0 Å². The number of unbranched alkanes of at least 4 members (excludes halogenated alkanes) is 1. The number of aryl methyl sites for hydroxylation is 1. The number of nitrogens with one attached hydrogen (secondary N) is 4. The van der Waals surface area contributed by atoms with Gasteiger partial charge < -0.3 is 20.9 Å². The highest BCUT2D eigenvalue weighted by atomic mass is 127. The smallest absolute Gasteiger partial charge is 0.190 e. The van der Waals surface area contributed by atoms with Crippen LogP contribution in [-0.4, -0.2) is 42.6 Å². The summed E-state index contributed by atoms with van der Waals surface area (Å²) in [5.74, 6) is 1.79. The van der Waals surface area contributed by atoms with Crippen LogP contribution in [0.25, 0.3) is 10.9 Å². The minimum Gasteiger partial charge on any atom is -0.370 e. The topological polar surface area (TPSA) is 77.1 Å². The van der Waals surface area contributed by atoms with Gasteiger partial charge in [-0.05, 0) is 55.5 Å². The van der Waals surface area contributed by atoms with E-state index in [4.69, 9.17) is 0 Å². The first-order chi connectivity index (χ1) is 13.8. The van der Waals surface area contributed by atoms with Crippen molar-refractivity contribution in [2.45, 2.75) is 26.2 Å². The molecule has 0 radical (unpaired) electrons. The summed E-state index contributed by atoms with van der Waals surface area (Å²) < 4.78 is 0. The molecule has 0 saturated carbocycles. The maximum absolute atomic E-state index is 4.31. The van der Waals surface area contributed by atoms with E-state index in [1.807, 2.05) is 25.2 Å². The Morgan fingerprint density at radius 2 is 1.90 bits per heavy atom. The van der Waals surface area contributed by atoms with E-state index >= 15 is 0 Å². The van der Waals surface area contributed by atoms with Gasteiger partial charge >= 0.3 is 0 Å². The molecule has 29 heavy (non-hydrogen) atoms. The Labute approximate surface area is 190 Å². The zero-order valence-corrected chi connectivity index (χ0v) is 19.5. The molecule has 0 bridgehead atoms. The van der Waals surface area contributed by atoms with Gasteiger partial charge in [-0.15, -0.1) is 24.0 Å². The summed E-state index contributed by atoms with van der Waals surface area (Å²) in [6.45, 7) is 4.79. The SMILES string of the molecule is CN=C(NCCCCNc1ccccn1)NCCc1c[nH]c2cc(C)ccc12.I. The number of aromatic amines is 1. The first-order valence-electron chi connectivity index (χ1n) is 9.92. The van der Waals surface area contributed by atoms with Gasteiger partial charge in [-0.1, -0.05) is 18.2 Å². The Morgan fingerprint density at radius 3 is 2.69 bits per heavy atom. The van der Waals surface area contributed by atoms with Crippen molar-refractivity contribution in [3.8, 4) is 0 Å². The van der Waals surface area contributed by atoms with Gasteiger partial charge in [-0.25, -0.2) is 4.98 Å². The fourth-order valence-corrected chi connectivity index (χ4v) is 3.18. The molecule has 3 rings (SSSR count). The van der Waals surface area contributed by atoms with Crippen LogP contribution in [-0.2, 0) is 6.42 Å². The van der Waals surface area contributed by atoms with Gasteiger partial charge in [0.2, 0.25) is 0 Å². The molecule has 2 aromatic heterocycles. The van der Waals surface area contributed by atoms with E-state index in [0.29, 0.717) is 0 Å². The Morgan fingerprint density at radius 1 is 1.07 bits per heavy atom. The molecular weight excluding hydrogens is 475 g/mol. The van der Waals surface area contributed by atoms with E-state index in [0.717, 1.165) is 50.7 Å². The van der Waals surface area contributed by atoms with Gasteiger partial charge in [0.05, 0.1) is 0 Å². The number of aliphatic imine (C=N–C) groups is 1. The van der Waals surface area contributed by atoms with Crippen molar-refractivity contribution >= 4 is 46.7 Å². The predicted molar refractivity (Wildman–Crippen MR) is 133 cm³/mol. The average molecular weight is 506 g/mol. The number of fused-ring (bicyclic) bond motifs is 1. The monoisotopic (exact) mass is 506 g/mol. The molecule has 2 heterocycles. The van der Waals surface area contributed by atoms with Crippen LogP contribution in [0, 0.1) is 6.92 Å². The largest absolute Gasteiger partial charge is 0.370 e. The summed E-state index contributed by atoms with van der Waals surface area (Å²) in [5, 5.41) is 11.4.